The van der Waals surface area contributed by atoms with Crippen LogP contribution in [0, 0.1) is 29.1 Å². The van der Waals surface area contributed by atoms with Gasteiger partial charge in [-0.1, -0.05) is 0 Å². The molecule has 0 aromatic heterocycles. The van der Waals surface area contributed by atoms with E-state index >= 15 is 0 Å². The topological polar surface area (TPSA) is 38.3 Å². The van der Waals surface area contributed by atoms with Crippen LogP contribution in [0.25, 0.3) is 0 Å². The molecule has 1 atom stereocenters. The van der Waals surface area contributed by atoms with Crippen molar-refractivity contribution in [1.82, 2.24) is 5.32 Å². The lowest BCUT2D eigenvalue weighted by Gasteiger charge is -2.25. The van der Waals surface area contributed by atoms with Crippen molar-refractivity contribution < 1.29 is 31.5 Å². The fraction of sp³-hybridized carbons (Fsp3) is 0.364. The van der Waals surface area contributed by atoms with Crippen LogP contribution in [-0.4, -0.2) is 18.6 Å². The Bertz CT molecular complexity index is 501. The predicted molar refractivity (Wildman–Crippen MR) is 52.4 cm³/mol. The number of hydrogen-bond acceptors (Lipinski definition) is 3. The quantitative estimate of drug-likeness (QED) is 0.397. The molecule has 0 amide bonds. The maximum absolute atomic E-state index is 13.2. The lowest BCUT2D eigenvalue weighted by atomic mass is 10.1. The molecule has 1 aliphatic heterocycles. The van der Waals surface area contributed by atoms with Gasteiger partial charge in [0.05, 0.1) is 5.56 Å². The van der Waals surface area contributed by atoms with E-state index in [2.05, 4.69) is 10.1 Å². The van der Waals surface area contributed by atoms with Crippen LogP contribution in [0.15, 0.2) is 0 Å². The molecule has 3 nitrogen and oxygen atoms in total. The molecule has 1 aromatic carbocycles. The summed E-state index contributed by atoms with van der Waals surface area (Å²) in [5, 5.41) is 2.67. The first-order valence-corrected chi connectivity index (χ1v) is 5.33. The SMILES string of the molecule is O=C(OCc1c(F)c(F)c(F)c(F)c1F)C1CCN1. The van der Waals surface area contributed by atoms with Gasteiger partial charge in [0, 0.05) is 0 Å². The van der Waals surface area contributed by atoms with Crippen LogP contribution >= 0.6 is 0 Å². The Balaban J connectivity index is 2.18. The molecule has 1 aromatic rings. The number of rotatable bonds is 3. The minimum absolute atomic E-state index is 0.496. The summed E-state index contributed by atoms with van der Waals surface area (Å²) in [6.45, 7) is -0.412. The van der Waals surface area contributed by atoms with Crippen molar-refractivity contribution in [2.75, 3.05) is 6.54 Å². The molecule has 104 valence electrons. The lowest BCUT2D eigenvalue weighted by molar-refractivity contribution is -0.149. The van der Waals surface area contributed by atoms with Gasteiger partial charge in [0.1, 0.15) is 12.6 Å². The van der Waals surface area contributed by atoms with Gasteiger partial charge in [-0.25, -0.2) is 22.0 Å². The zero-order valence-electron chi connectivity index (χ0n) is 9.40. The summed E-state index contributed by atoms with van der Waals surface area (Å²) in [4.78, 5) is 11.3. The first-order chi connectivity index (χ1) is 8.93. The number of halogens is 5. The molecule has 1 fully saturated rings. The van der Waals surface area contributed by atoms with Crippen molar-refractivity contribution in [3.63, 3.8) is 0 Å². The Morgan fingerprint density at radius 2 is 1.53 bits per heavy atom. The highest BCUT2D eigenvalue weighted by molar-refractivity contribution is 5.76. The molecule has 1 unspecified atom stereocenters. The molecule has 1 N–H and O–H groups in total. The Labute approximate surface area is 104 Å². The van der Waals surface area contributed by atoms with Gasteiger partial charge in [-0.3, -0.25) is 4.79 Å². The van der Waals surface area contributed by atoms with Crippen molar-refractivity contribution in [3.8, 4) is 0 Å². The maximum Gasteiger partial charge on any atom is 0.323 e. The summed E-state index contributed by atoms with van der Waals surface area (Å²) in [5.41, 5.74) is -1.16. The van der Waals surface area contributed by atoms with E-state index < -0.39 is 53.3 Å². The van der Waals surface area contributed by atoms with Gasteiger partial charge in [0.25, 0.3) is 0 Å². The summed E-state index contributed by atoms with van der Waals surface area (Å²) in [6.07, 6.45) is 0.496. The Kier molecular flexibility index (Phi) is 3.70. The number of hydrogen-bond donors (Lipinski definition) is 1. The average molecular weight is 281 g/mol. The molecule has 1 saturated heterocycles. The second-order valence-corrected chi connectivity index (χ2v) is 3.95. The maximum atomic E-state index is 13.2. The third-order valence-electron chi connectivity index (χ3n) is 2.77. The van der Waals surface area contributed by atoms with Crippen molar-refractivity contribution in [2.24, 2.45) is 0 Å². The fourth-order valence-corrected chi connectivity index (χ4v) is 1.51. The van der Waals surface area contributed by atoms with Gasteiger partial charge >= 0.3 is 5.97 Å². The Morgan fingerprint density at radius 1 is 1.05 bits per heavy atom. The second-order valence-electron chi connectivity index (χ2n) is 3.95. The largest absolute Gasteiger partial charge is 0.459 e. The smallest absolute Gasteiger partial charge is 0.323 e. The first kappa shape index (κ1) is 13.7. The highest BCUT2D eigenvalue weighted by Gasteiger charge is 2.29. The minimum atomic E-state index is -2.24. The second kappa shape index (κ2) is 5.12. The molecular weight excluding hydrogens is 273 g/mol. The molecule has 1 heterocycles. The average Bonchev–Trinajstić information content (AvgIpc) is 2.32. The van der Waals surface area contributed by atoms with Gasteiger partial charge in [-0.05, 0) is 13.0 Å². The van der Waals surface area contributed by atoms with Crippen LogP contribution in [0.1, 0.15) is 12.0 Å². The molecule has 0 aliphatic carbocycles. The molecule has 0 bridgehead atoms. The molecule has 0 saturated carbocycles. The summed E-state index contributed by atoms with van der Waals surface area (Å²) in [6, 6.07) is -0.596. The van der Waals surface area contributed by atoms with E-state index in [4.69, 9.17) is 0 Å². The highest BCUT2D eigenvalue weighted by Crippen LogP contribution is 2.23. The molecule has 8 heteroatoms. The fourth-order valence-electron chi connectivity index (χ4n) is 1.51. The normalized spacial score (nSPS) is 18.1. The van der Waals surface area contributed by atoms with Gasteiger partial charge in [0.2, 0.25) is 5.82 Å². The van der Waals surface area contributed by atoms with Crippen LogP contribution in [0.3, 0.4) is 0 Å². The summed E-state index contributed by atoms with van der Waals surface area (Å²) < 4.78 is 69.4. The number of esters is 1. The van der Waals surface area contributed by atoms with Gasteiger partial charge in [-0.2, -0.15) is 0 Å². The molecular formula is C11H8F5NO2. The minimum Gasteiger partial charge on any atom is -0.459 e. The Morgan fingerprint density at radius 3 is 1.95 bits per heavy atom. The number of ether oxygens (including phenoxy) is 1. The van der Waals surface area contributed by atoms with E-state index in [1.165, 1.54) is 0 Å². The third kappa shape index (κ3) is 2.40. The molecule has 2 rings (SSSR count). The molecule has 0 spiro atoms. The number of nitrogens with one attached hydrogen (secondary N) is 1. The van der Waals surface area contributed by atoms with Gasteiger partial charge < -0.3 is 10.1 Å². The zero-order chi connectivity index (χ0) is 14.2. The van der Waals surface area contributed by atoms with Crippen molar-refractivity contribution in [2.45, 2.75) is 19.1 Å². The predicted octanol–water partition coefficient (Wildman–Crippen LogP) is 1.79. The van der Waals surface area contributed by atoms with Gasteiger partial charge in [-0.15, -0.1) is 0 Å². The van der Waals surface area contributed by atoms with Crippen molar-refractivity contribution >= 4 is 5.97 Å². The molecule has 0 radical (unpaired) electrons. The van der Waals surface area contributed by atoms with E-state index in [1.807, 2.05) is 0 Å². The summed E-state index contributed by atoms with van der Waals surface area (Å²) >= 11 is 0. The lowest BCUT2D eigenvalue weighted by Crippen LogP contribution is -2.49. The van der Waals surface area contributed by atoms with Crippen LogP contribution in [-0.2, 0) is 16.1 Å². The van der Waals surface area contributed by atoms with Crippen LogP contribution in [0.4, 0.5) is 22.0 Å². The molecule has 19 heavy (non-hydrogen) atoms. The van der Waals surface area contributed by atoms with E-state index in [-0.39, 0.29) is 0 Å². The number of carbonyl (C=O) groups is 1. The highest BCUT2D eigenvalue weighted by atomic mass is 19.2. The van der Waals surface area contributed by atoms with E-state index in [0.717, 1.165) is 0 Å². The first-order valence-electron chi connectivity index (χ1n) is 5.33. The van der Waals surface area contributed by atoms with Crippen LogP contribution in [0.5, 0.6) is 0 Å². The zero-order valence-corrected chi connectivity index (χ0v) is 9.40. The van der Waals surface area contributed by atoms with Crippen LogP contribution in [0.2, 0.25) is 0 Å². The standard InChI is InChI=1S/C11H8F5NO2/c12-6-4(3-19-11(18)5-1-2-17-5)7(13)9(15)10(16)8(6)14/h5,17H,1-3H2. The summed E-state index contributed by atoms with van der Waals surface area (Å²) in [5.74, 6) is -11.2. The monoisotopic (exact) mass is 281 g/mol. The van der Waals surface area contributed by atoms with E-state index in [1.54, 1.807) is 0 Å². The Hall–Kier alpha value is -1.70. The van der Waals surface area contributed by atoms with Crippen LogP contribution < -0.4 is 5.32 Å². The number of benzene rings is 1. The number of carbonyl (C=O) groups excluding carboxylic acids is 1. The molecule has 1 aliphatic rings. The van der Waals surface area contributed by atoms with E-state index in [9.17, 15) is 26.7 Å². The third-order valence-corrected chi connectivity index (χ3v) is 2.77. The van der Waals surface area contributed by atoms with E-state index in [0.29, 0.717) is 13.0 Å². The summed E-state index contributed by atoms with van der Waals surface area (Å²) in [7, 11) is 0. The van der Waals surface area contributed by atoms with Crippen molar-refractivity contribution in [1.29, 1.82) is 0 Å². The van der Waals surface area contributed by atoms with Gasteiger partial charge in [0.15, 0.2) is 23.3 Å². The van der Waals surface area contributed by atoms with Crippen molar-refractivity contribution in [3.05, 3.63) is 34.6 Å².